The second kappa shape index (κ2) is 8.94. The molecule has 0 unspecified atom stereocenters. The van der Waals surface area contributed by atoms with Crippen LogP contribution in [0.5, 0.6) is 0 Å². The van der Waals surface area contributed by atoms with Crippen LogP contribution in [0.1, 0.15) is 36.3 Å². The van der Waals surface area contributed by atoms with E-state index < -0.39 is 0 Å². The molecule has 7 nitrogen and oxygen atoms in total. The summed E-state index contributed by atoms with van der Waals surface area (Å²) in [5.74, 6) is 0.536. The molecule has 3 saturated heterocycles. The number of morpholine rings is 1. The summed E-state index contributed by atoms with van der Waals surface area (Å²) < 4.78 is 9.44. The first kappa shape index (κ1) is 19.2. The molecule has 27 heavy (non-hydrogen) atoms. The summed E-state index contributed by atoms with van der Waals surface area (Å²) in [5.41, 5.74) is 1.07. The first-order valence-electron chi connectivity index (χ1n) is 10.3. The number of carbonyl (C=O) groups is 1. The maximum Gasteiger partial charge on any atom is 0.227 e. The maximum absolute atomic E-state index is 12.9. The zero-order valence-electron chi connectivity index (χ0n) is 16.3. The van der Waals surface area contributed by atoms with Crippen LogP contribution < -0.4 is 0 Å². The molecule has 0 N–H and O–H groups in total. The van der Waals surface area contributed by atoms with Crippen LogP contribution in [0.3, 0.4) is 0 Å². The van der Waals surface area contributed by atoms with Gasteiger partial charge in [0.25, 0.3) is 0 Å². The predicted molar refractivity (Wildman–Crippen MR) is 105 cm³/mol. The number of hydrogen-bond donors (Lipinski definition) is 0. The molecular formula is C19H31N5O2S. The van der Waals surface area contributed by atoms with E-state index in [0.29, 0.717) is 25.2 Å². The molecule has 1 atom stereocenters. The van der Waals surface area contributed by atoms with Gasteiger partial charge >= 0.3 is 0 Å². The van der Waals surface area contributed by atoms with Gasteiger partial charge in [-0.3, -0.25) is 14.6 Å². The predicted octanol–water partition coefficient (Wildman–Crippen LogP) is 1.38. The van der Waals surface area contributed by atoms with E-state index in [2.05, 4.69) is 19.4 Å². The summed E-state index contributed by atoms with van der Waals surface area (Å²) >= 11 is 1.52. The number of aromatic nitrogens is 2. The molecule has 1 aromatic rings. The van der Waals surface area contributed by atoms with Crippen LogP contribution in [0.15, 0.2) is 0 Å². The van der Waals surface area contributed by atoms with Crippen LogP contribution in [0.2, 0.25) is 0 Å². The van der Waals surface area contributed by atoms with Crippen molar-refractivity contribution in [1.82, 2.24) is 24.3 Å². The highest BCUT2D eigenvalue weighted by Gasteiger charge is 2.34. The fraction of sp³-hybridized carbons (Fsp3) is 0.842. The Morgan fingerprint density at radius 3 is 2.63 bits per heavy atom. The Kier molecular flexibility index (Phi) is 6.37. The lowest BCUT2D eigenvalue weighted by Crippen LogP contribution is -2.52. The van der Waals surface area contributed by atoms with Crippen molar-refractivity contribution in [1.29, 1.82) is 0 Å². The number of rotatable bonds is 4. The smallest absolute Gasteiger partial charge is 0.227 e. The highest BCUT2D eigenvalue weighted by atomic mass is 32.1. The molecule has 1 amide bonds. The van der Waals surface area contributed by atoms with Crippen molar-refractivity contribution in [2.75, 3.05) is 52.5 Å². The minimum Gasteiger partial charge on any atom is -0.378 e. The molecule has 3 aliphatic heterocycles. The van der Waals surface area contributed by atoms with E-state index in [0.717, 1.165) is 64.3 Å². The number of likely N-dealkylation sites (tertiary alicyclic amines) is 2. The summed E-state index contributed by atoms with van der Waals surface area (Å²) in [4.78, 5) is 21.3. The standard InChI is InChI=1S/C19H31N5O2S/c1-15-18(27-21-20-15)14-22-7-4-17(5-8-22)24-6-2-3-16(13-24)19(25)23-9-11-26-12-10-23/h16-17H,2-14H2,1H3/t16-/m1/s1. The number of ether oxygens (including phenoxy) is 1. The molecule has 3 fully saturated rings. The van der Waals surface area contributed by atoms with Crippen molar-refractivity contribution < 1.29 is 9.53 Å². The molecule has 0 bridgehead atoms. The van der Waals surface area contributed by atoms with Gasteiger partial charge in [0.1, 0.15) is 0 Å². The molecule has 1 aromatic heterocycles. The average molecular weight is 394 g/mol. The van der Waals surface area contributed by atoms with E-state index >= 15 is 0 Å². The van der Waals surface area contributed by atoms with Crippen molar-refractivity contribution in [2.24, 2.45) is 5.92 Å². The number of aryl methyl sites for hydroxylation is 1. The van der Waals surface area contributed by atoms with Crippen LogP contribution in [0.25, 0.3) is 0 Å². The molecule has 4 heterocycles. The van der Waals surface area contributed by atoms with Crippen LogP contribution in [0, 0.1) is 12.8 Å². The Hall–Kier alpha value is -1.09. The van der Waals surface area contributed by atoms with Crippen LogP contribution in [0.4, 0.5) is 0 Å². The van der Waals surface area contributed by atoms with E-state index in [9.17, 15) is 4.79 Å². The van der Waals surface area contributed by atoms with Crippen molar-refractivity contribution in [3.8, 4) is 0 Å². The largest absolute Gasteiger partial charge is 0.378 e. The quantitative estimate of drug-likeness (QED) is 0.770. The molecule has 0 saturated carbocycles. The summed E-state index contributed by atoms with van der Waals surface area (Å²) in [6.07, 6.45) is 4.59. The Balaban J connectivity index is 1.26. The number of amides is 1. The lowest BCUT2D eigenvalue weighted by atomic mass is 9.92. The third kappa shape index (κ3) is 4.67. The lowest BCUT2D eigenvalue weighted by Gasteiger charge is -2.43. The second-order valence-corrected chi connectivity index (χ2v) is 8.90. The first-order valence-corrected chi connectivity index (χ1v) is 11.1. The molecule has 150 valence electrons. The third-order valence-corrected chi connectivity index (χ3v) is 7.12. The third-order valence-electron chi connectivity index (χ3n) is 6.31. The van der Waals surface area contributed by atoms with Crippen LogP contribution in [-0.2, 0) is 16.1 Å². The molecule has 0 radical (unpaired) electrons. The van der Waals surface area contributed by atoms with E-state index in [4.69, 9.17) is 4.74 Å². The van der Waals surface area contributed by atoms with Gasteiger partial charge in [-0.05, 0) is 50.7 Å². The summed E-state index contributed by atoms with van der Waals surface area (Å²) in [6.45, 7) is 10.3. The van der Waals surface area contributed by atoms with Gasteiger partial charge in [-0.1, -0.05) is 4.49 Å². The normalized spacial score (nSPS) is 26.4. The zero-order chi connectivity index (χ0) is 18.6. The zero-order valence-corrected chi connectivity index (χ0v) is 17.1. The summed E-state index contributed by atoms with van der Waals surface area (Å²) in [7, 11) is 0. The van der Waals surface area contributed by atoms with Crippen molar-refractivity contribution >= 4 is 17.4 Å². The molecular weight excluding hydrogens is 362 g/mol. The molecule has 8 heteroatoms. The second-order valence-electron chi connectivity index (χ2n) is 8.06. The maximum atomic E-state index is 12.9. The Labute approximate surface area is 165 Å². The number of hydrogen-bond acceptors (Lipinski definition) is 7. The van der Waals surface area contributed by atoms with E-state index in [1.807, 2.05) is 11.8 Å². The van der Waals surface area contributed by atoms with Gasteiger partial charge in [0, 0.05) is 45.3 Å². The number of piperidine rings is 2. The van der Waals surface area contributed by atoms with Crippen molar-refractivity contribution in [2.45, 2.75) is 45.2 Å². The van der Waals surface area contributed by atoms with Gasteiger partial charge in [-0.15, -0.1) is 5.10 Å². The average Bonchev–Trinajstić information content (AvgIpc) is 3.13. The summed E-state index contributed by atoms with van der Waals surface area (Å²) in [5, 5.41) is 4.12. The number of nitrogens with zero attached hydrogens (tertiary/aromatic N) is 5. The first-order chi connectivity index (χ1) is 13.2. The van der Waals surface area contributed by atoms with Gasteiger partial charge in [0.05, 0.1) is 29.7 Å². The highest BCUT2D eigenvalue weighted by Crippen LogP contribution is 2.26. The van der Waals surface area contributed by atoms with Crippen LogP contribution in [-0.4, -0.2) is 88.7 Å². The Morgan fingerprint density at radius 2 is 1.93 bits per heavy atom. The van der Waals surface area contributed by atoms with Crippen LogP contribution >= 0.6 is 11.5 Å². The van der Waals surface area contributed by atoms with Gasteiger partial charge in [0.15, 0.2) is 0 Å². The molecule has 0 spiro atoms. The minimum absolute atomic E-state index is 0.181. The van der Waals surface area contributed by atoms with Gasteiger partial charge in [-0.2, -0.15) is 0 Å². The summed E-state index contributed by atoms with van der Waals surface area (Å²) in [6, 6.07) is 0.627. The lowest BCUT2D eigenvalue weighted by molar-refractivity contribution is -0.142. The Bertz CT molecular complexity index is 625. The SMILES string of the molecule is Cc1nnsc1CN1CCC(N2CCC[C@@H](C(=O)N3CCOCC3)C2)CC1. The van der Waals surface area contributed by atoms with Gasteiger partial charge < -0.3 is 9.64 Å². The van der Waals surface area contributed by atoms with Crippen molar-refractivity contribution in [3.63, 3.8) is 0 Å². The number of carbonyl (C=O) groups excluding carboxylic acids is 1. The van der Waals surface area contributed by atoms with Crippen molar-refractivity contribution in [3.05, 3.63) is 10.6 Å². The fourth-order valence-electron chi connectivity index (χ4n) is 4.62. The Morgan fingerprint density at radius 1 is 1.15 bits per heavy atom. The molecule has 0 aliphatic carbocycles. The molecule has 4 rings (SSSR count). The highest BCUT2D eigenvalue weighted by molar-refractivity contribution is 7.05. The van der Waals surface area contributed by atoms with Gasteiger partial charge in [-0.25, -0.2) is 0 Å². The topological polar surface area (TPSA) is 61.8 Å². The van der Waals surface area contributed by atoms with E-state index in [1.165, 1.54) is 29.3 Å². The monoisotopic (exact) mass is 393 g/mol. The molecule has 0 aromatic carbocycles. The fourth-order valence-corrected chi connectivity index (χ4v) is 5.30. The van der Waals surface area contributed by atoms with Gasteiger partial charge in [0.2, 0.25) is 5.91 Å². The molecule has 3 aliphatic rings. The van der Waals surface area contributed by atoms with E-state index in [1.54, 1.807) is 0 Å². The van der Waals surface area contributed by atoms with E-state index in [-0.39, 0.29) is 5.92 Å². The minimum atomic E-state index is 0.181.